The Morgan fingerprint density at radius 2 is 2.21 bits per heavy atom. The molecule has 100 valence electrons. The van der Waals surface area contributed by atoms with E-state index in [1.165, 1.54) is 6.07 Å². The number of aromatic amines is 1. The van der Waals surface area contributed by atoms with E-state index in [-0.39, 0.29) is 24.4 Å². The molecule has 0 aliphatic rings. The minimum absolute atomic E-state index is 0.141. The maximum atomic E-state index is 13.3. The molecule has 4 nitrogen and oxygen atoms in total. The molecule has 2 N–H and O–H groups in total. The normalized spacial score (nSPS) is 10.5. The Morgan fingerprint density at radius 1 is 1.42 bits per heavy atom. The Labute approximate surface area is 116 Å². The summed E-state index contributed by atoms with van der Waals surface area (Å²) >= 11 is 3.26. The molecule has 2 rings (SSSR count). The van der Waals surface area contributed by atoms with Crippen molar-refractivity contribution in [1.29, 1.82) is 0 Å². The minimum Gasteiger partial charge on any atom is -0.350 e. The van der Waals surface area contributed by atoms with Crippen molar-refractivity contribution in [1.82, 2.24) is 15.5 Å². The van der Waals surface area contributed by atoms with Gasteiger partial charge in [0.25, 0.3) is 0 Å². The number of H-pyrrole nitrogens is 1. The number of amides is 1. The first kappa shape index (κ1) is 13.7. The van der Waals surface area contributed by atoms with E-state index in [1.807, 2.05) is 0 Å². The van der Waals surface area contributed by atoms with Crippen LogP contribution in [-0.4, -0.2) is 16.1 Å². The molecule has 0 radical (unpaired) electrons. The largest absolute Gasteiger partial charge is 0.350 e. The second kappa shape index (κ2) is 5.92. The molecule has 0 saturated heterocycles. The van der Waals surface area contributed by atoms with Crippen LogP contribution in [0.25, 0.3) is 0 Å². The van der Waals surface area contributed by atoms with Crippen LogP contribution in [0.2, 0.25) is 0 Å². The molecule has 7 heteroatoms. The fourth-order valence-electron chi connectivity index (χ4n) is 1.51. The van der Waals surface area contributed by atoms with Crippen molar-refractivity contribution in [2.24, 2.45) is 0 Å². The van der Waals surface area contributed by atoms with Crippen LogP contribution >= 0.6 is 15.9 Å². The lowest BCUT2D eigenvalue weighted by Gasteiger charge is -2.05. The molecule has 19 heavy (non-hydrogen) atoms. The monoisotopic (exact) mass is 329 g/mol. The highest BCUT2D eigenvalue weighted by Crippen LogP contribution is 2.13. The Morgan fingerprint density at radius 3 is 2.84 bits per heavy atom. The van der Waals surface area contributed by atoms with Gasteiger partial charge >= 0.3 is 0 Å². The van der Waals surface area contributed by atoms with Crippen molar-refractivity contribution in [3.8, 4) is 0 Å². The van der Waals surface area contributed by atoms with Gasteiger partial charge < -0.3 is 5.32 Å². The first-order chi connectivity index (χ1) is 9.06. The summed E-state index contributed by atoms with van der Waals surface area (Å²) in [5, 5.41) is 9.11. The molecule has 0 saturated carbocycles. The molecule has 0 aliphatic heterocycles. The van der Waals surface area contributed by atoms with Gasteiger partial charge in [0, 0.05) is 6.07 Å². The second-order valence-corrected chi connectivity index (χ2v) is 4.74. The number of carbonyl (C=O) groups is 1. The van der Waals surface area contributed by atoms with E-state index in [4.69, 9.17) is 0 Å². The van der Waals surface area contributed by atoms with Crippen LogP contribution in [0.15, 0.2) is 28.9 Å². The molecule has 0 aliphatic carbocycles. The van der Waals surface area contributed by atoms with Gasteiger partial charge in [0.1, 0.15) is 11.6 Å². The highest BCUT2D eigenvalue weighted by atomic mass is 79.9. The lowest BCUT2D eigenvalue weighted by atomic mass is 10.1. The van der Waals surface area contributed by atoms with Crippen LogP contribution in [0.1, 0.15) is 11.3 Å². The molecule has 1 aromatic heterocycles. The molecule has 1 amide bonds. The van der Waals surface area contributed by atoms with Crippen LogP contribution in [0.3, 0.4) is 0 Å². The predicted octanol–water partition coefficient (Wildman–Crippen LogP) is 2.31. The summed E-state index contributed by atoms with van der Waals surface area (Å²) in [7, 11) is 0. The lowest BCUT2D eigenvalue weighted by Crippen LogP contribution is -2.25. The maximum absolute atomic E-state index is 13.3. The fraction of sp³-hybridized carbons (Fsp3) is 0.167. The van der Waals surface area contributed by atoms with E-state index in [2.05, 4.69) is 31.4 Å². The smallest absolute Gasteiger partial charge is 0.224 e. The SMILES string of the molecule is O=C(Cc1ccc(F)cc1F)NCc1[nH]ncc1Br. The minimum atomic E-state index is -0.724. The van der Waals surface area contributed by atoms with E-state index in [0.29, 0.717) is 5.69 Å². The molecule has 1 heterocycles. The topological polar surface area (TPSA) is 57.8 Å². The van der Waals surface area contributed by atoms with E-state index in [0.717, 1.165) is 16.6 Å². The van der Waals surface area contributed by atoms with E-state index in [1.54, 1.807) is 6.20 Å². The van der Waals surface area contributed by atoms with E-state index >= 15 is 0 Å². The van der Waals surface area contributed by atoms with Gasteiger partial charge in [-0.2, -0.15) is 5.10 Å². The molecule has 2 aromatic rings. The number of nitrogens with one attached hydrogen (secondary N) is 2. The second-order valence-electron chi connectivity index (χ2n) is 3.89. The molecule has 1 aromatic carbocycles. The molecule has 0 unspecified atom stereocenters. The standard InChI is InChI=1S/C12H10BrF2N3O/c13-9-5-17-18-11(9)6-16-12(19)3-7-1-2-8(14)4-10(7)15/h1-2,4-5H,3,6H2,(H,16,19)(H,17,18). The van der Waals surface area contributed by atoms with Crippen molar-refractivity contribution < 1.29 is 13.6 Å². The predicted molar refractivity (Wildman–Crippen MR) is 68.2 cm³/mol. The number of hydrogen-bond acceptors (Lipinski definition) is 2. The van der Waals surface area contributed by atoms with Crippen molar-refractivity contribution in [3.63, 3.8) is 0 Å². The third kappa shape index (κ3) is 3.60. The van der Waals surface area contributed by atoms with Gasteiger partial charge in [0.05, 0.1) is 29.3 Å². The quantitative estimate of drug-likeness (QED) is 0.904. The Kier molecular flexibility index (Phi) is 4.26. The zero-order valence-corrected chi connectivity index (χ0v) is 11.3. The fourth-order valence-corrected chi connectivity index (χ4v) is 1.84. The average Bonchev–Trinajstić information content (AvgIpc) is 2.76. The van der Waals surface area contributed by atoms with Gasteiger partial charge in [-0.1, -0.05) is 6.07 Å². The number of nitrogens with zero attached hydrogens (tertiary/aromatic N) is 1. The van der Waals surface area contributed by atoms with Crippen LogP contribution in [-0.2, 0) is 17.8 Å². The molecule has 0 spiro atoms. The number of aromatic nitrogens is 2. The first-order valence-corrected chi connectivity index (χ1v) is 6.24. The van der Waals surface area contributed by atoms with Gasteiger partial charge in [-0.3, -0.25) is 9.89 Å². The third-order valence-electron chi connectivity index (χ3n) is 2.49. The summed E-state index contributed by atoms with van der Waals surface area (Å²) in [6.07, 6.45) is 1.43. The van der Waals surface area contributed by atoms with Crippen LogP contribution in [0, 0.1) is 11.6 Å². The maximum Gasteiger partial charge on any atom is 0.224 e. The van der Waals surface area contributed by atoms with Gasteiger partial charge in [0.15, 0.2) is 0 Å². The highest BCUT2D eigenvalue weighted by molar-refractivity contribution is 9.10. The molecular formula is C12H10BrF2N3O. The van der Waals surface area contributed by atoms with Gasteiger partial charge in [-0.25, -0.2) is 8.78 Å². The van der Waals surface area contributed by atoms with Crippen LogP contribution in [0.5, 0.6) is 0 Å². The first-order valence-electron chi connectivity index (χ1n) is 5.44. The summed E-state index contributed by atoms with van der Waals surface area (Å²) in [4.78, 5) is 11.6. The van der Waals surface area contributed by atoms with Crippen molar-refractivity contribution >= 4 is 21.8 Å². The number of carbonyl (C=O) groups excluding carboxylic acids is 1. The van der Waals surface area contributed by atoms with Crippen molar-refractivity contribution in [2.45, 2.75) is 13.0 Å². The van der Waals surface area contributed by atoms with E-state index in [9.17, 15) is 13.6 Å². The summed E-state index contributed by atoms with van der Waals surface area (Å²) in [5.74, 6) is -1.74. The summed E-state index contributed by atoms with van der Waals surface area (Å²) < 4.78 is 26.8. The van der Waals surface area contributed by atoms with Crippen molar-refractivity contribution in [2.75, 3.05) is 0 Å². The molecule has 0 atom stereocenters. The summed E-state index contributed by atoms with van der Waals surface area (Å²) in [6, 6.07) is 3.14. The number of rotatable bonds is 4. The Hall–Kier alpha value is -1.76. The van der Waals surface area contributed by atoms with E-state index < -0.39 is 11.6 Å². The average molecular weight is 330 g/mol. The molecule has 0 bridgehead atoms. The number of halogens is 3. The van der Waals surface area contributed by atoms with Gasteiger partial charge in [0.2, 0.25) is 5.91 Å². The summed E-state index contributed by atoms with van der Waals surface area (Å²) in [5.41, 5.74) is 0.871. The van der Waals surface area contributed by atoms with Crippen molar-refractivity contribution in [3.05, 3.63) is 51.8 Å². The van der Waals surface area contributed by atoms with Crippen LogP contribution < -0.4 is 5.32 Å². The summed E-state index contributed by atoms with van der Waals surface area (Å²) in [6.45, 7) is 0.252. The molecular weight excluding hydrogens is 320 g/mol. The number of hydrogen-bond donors (Lipinski definition) is 2. The third-order valence-corrected chi connectivity index (χ3v) is 3.18. The van der Waals surface area contributed by atoms with Crippen LogP contribution in [0.4, 0.5) is 8.78 Å². The lowest BCUT2D eigenvalue weighted by molar-refractivity contribution is -0.120. The van der Waals surface area contributed by atoms with Gasteiger partial charge in [-0.05, 0) is 27.6 Å². The zero-order chi connectivity index (χ0) is 13.8. The number of benzene rings is 1. The van der Waals surface area contributed by atoms with Gasteiger partial charge in [-0.15, -0.1) is 0 Å². The highest BCUT2D eigenvalue weighted by Gasteiger charge is 2.10. The zero-order valence-electron chi connectivity index (χ0n) is 9.71. The molecule has 0 fully saturated rings. The Balaban J connectivity index is 1.93. The Bertz CT molecular complexity index is 600.